The number of hydrogen-bond donors (Lipinski definition) is 1. The zero-order chi connectivity index (χ0) is 12.0. The molecule has 2 atom stereocenters. The first-order chi connectivity index (χ1) is 7.70. The van der Waals surface area contributed by atoms with E-state index in [0.29, 0.717) is 12.0 Å². The third kappa shape index (κ3) is 3.31. The maximum atomic E-state index is 4.16. The molecule has 0 fully saturated rings. The monoisotopic (exact) mass is 220 g/mol. The number of aromatic nitrogens is 1. The highest BCUT2D eigenvalue weighted by Gasteiger charge is 2.18. The lowest BCUT2D eigenvalue weighted by molar-refractivity contribution is 0.448. The van der Waals surface area contributed by atoms with Gasteiger partial charge in [0.1, 0.15) is 0 Å². The van der Waals surface area contributed by atoms with Gasteiger partial charge in [-0.25, -0.2) is 0 Å². The Morgan fingerprint density at radius 1 is 1.38 bits per heavy atom. The molecule has 0 aliphatic carbocycles. The molecule has 0 radical (unpaired) electrons. The van der Waals surface area contributed by atoms with Crippen LogP contribution in [0.15, 0.2) is 18.5 Å². The molecule has 0 spiro atoms. The Kier molecular flexibility index (Phi) is 5.47. The molecule has 1 heterocycles. The molecule has 90 valence electrons. The van der Waals surface area contributed by atoms with E-state index in [4.69, 9.17) is 0 Å². The normalized spacial score (nSPS) is 14.8. The van der Waals surface area contributed by atoms with Gasteiger partial charge in [0, 0.05) is 18.4 Å². The zero-order valence-corrected chi connectivity index (χ0v) is 11.0. The Bertz CT molecular complexity index is 309. The van der Waals surface area contributed by atoms with E-state index in [1.165, 1.54) is 24.0 Å². The van der Waals surface area contributed by atoms with Gasteiger partial charge in [-0.2, -0.15) is 0 Å². The van der Waals surface area contributed by atoms with Crippen LogP contribution in [0, 0.1) is 6.92 Å². The molecule has 0 aliphatic heterocycles. The lowest BCUT2D eigenvalue weighted by Gasteiger charge is -2.25. The third-order valence-electron chi connectivity index (χ3n) is 3.22. The van der Waals surface area contributed by atoms with Crippen molar-refractivity contribution in [3.8, 4) is 0 Å². The van der Waals surface area contributed by atoms with Gasteiger partial charge in [0.25, 0.3) is 0 Å². The molecular weight excluding hydrogens is 196 g/mol. The average Bonchev–Trinajstić information content (AvgIpc) is 2.30. The predicted molar refractivity (Wildman–Crippen MR) is 69.8 cm³/mol. The van der Waals surface area contributed by atoms with Crippen LogP contribution in [0.2, 0.25) is 0 Å². The molecule has 0 amide bonds. The summed E-state index contributed by atoms with van der Waals surface area (Å²) in [5, 5.41) is 3.59. The van der Waals surface area contributed by atoms with Crippen LogP contribution in [0.5, 0.6) is 0 Å². The molecular formula is C14H24N2. The van der Waals surface area contributed by atoms with E-state index in [1.807, 2.05) is 12.4 Å². The van der Waals surface area contributed by atoms with Gasteiger partial charge in [-0.3, -0.25) is 4.98 Å². The summed E-state index contributed by atoms with van der Waals surface area (Å²) in [6, 6.07) is 2.69. The van der Waals surface area contributed by atoms with Gasteiger partial charge >= 0.3 is 0 Å². The first kappa shape index (κ1) is 13.2. The highest BCUT2D eigenvalue weighted by atomic mass is 14.9. The van der Waals surface area contributed by atoms with Crippen LogP contribution < -0.4 is 5.32 Å². The zero-order valence-electron chi connectivity index (χ0n) is 11.0. The minimum Gasteiger partial charge on any atom is -0.314 e. The Balaban J connectivity index is 2.77. The first-order valence-electron chi connectivity index (χ1n) is 6.34. The average molecular weight is 220 g/mol. The molecule has 0 aromatic carbocycles. The third-order valence-corrected chi connectivity index (χ3v) is 3.22. The maximum absolute atomic E-state index is 4.16. The fraction of sp³-hybridized carbons (Fsp3) is 0.643. The standard InChI is InChI=1S/C14H24N2/c1-5-8-16-12(4)13(6-2)14-7-9-15-10-11(14)3/h7,9-10,12-13,16H,5-6,8H2,1-4H3. The summed E-state index contributed by atoms with van der Waals surface area (Å²) in [6.45, 7) is 10.00. The van der Waals surface area contributed by atoms with Crippen molar-refractivity contribution in [2.45, 2.75) is 52.5 Å². The van der Waals surface area contributed by atoms with Crippen molar-refractivity contribution in [2.24, 2.45) is 0 Å². The van der Waals surface area contributed by atoms with Crippen molar-refractivity contribution in [1.82, 2.24) is 10.3 Å². The minimum atomic E-state index is 0.533. The van der Waals surface area contributed by atoms with E-state index >= 15 is 0 Å². The first-order valence-corrected chi connectivity index (χ1v) is 6.34. The fourth-order valence-corrected chi connectivity index (χ4v) is 2.26. The summed E-state index contributed by atoms with van der Waals surface area (Å²) in [7, 11) is 0. The lowest BCUT2D eigenvalue weighted by atomic mass is 9.88. The summed E-state index contributed by atoms with van der Waals surface area (Å²) in [6.07, 6.45) is 6.22. The Labute approximate surface area is 99.5 Å². The number of nitrogens with one attached hydrogen (secondary N) is 1. The molecule has 1 rings (SSSR count). The van der Waals surface area contributed by atoms with Crippen LogP contribution in [-0.4, -0.2) is 17.6 Å². The van der Waals surface area contributed by atoms with E-state index in [0.717, 1.165) is 6.54 Å². The van der Waals surface area contributed by atoms with Gasteiger partial charge in [-0.15, -0.1) is 0 Å². The van der Waals surface area contributed by atoms with E-state index in [-0.39, 0.29) is 0 Å². The molecule has 0 saturated carbocycles. The second-order valence-corrected chi connectivity index (χ2v) is 4.49. The topological polar surface area (TPSA) is 24.9 Å². The van der Waals surface area contributed by atoms with Gasteiger partial charge in [0.15, 0.2) is 0 Å². The molecule has 0 aliphatic rings. The minimum absolute atomic E-state index is 0.533. The van der Waals surface area contributed by atoms with Gasteiger partial charge < -0.3 is 5.32 Å². The van der Waals surface area contributed by atoms with Crippen LogP contribution in [0.3, 0.4) is 0 Å². The Morgan fingerprint density at radius 3 is 2.69 bits per heavy atom. The van der Waals surface area contributed by atoms with Gasteiger partial charge in [0.2, 0.25) is 0 Å². The summed E-state index contributed by atoms with van der Waals surface area (Å²) < 4.78 is 0. The molecule has 1 N–H and O–H groups in total. The number of hydrogen-bond acceptors (Lipinski definition) is 2. The number of aryl methyl sites for hydroxylation is 1. The smallest absolute Gasteiger partial charge is 0.0299 e. The van der Waals surface area contributed by atoms with Crippen molar-refractivity contribution in [3.63, 3.8) is 0 Å². The number of nitrogens with zero attached hydrogens (tertiary/aromatic N) is 1. The van der Waals surface area contributed by atoms with E-state index in [9.17, 15) is 0 Å². The second-order valence-electron chi connectivity index (χ2n) is 4.49. The molecule has 2 heteroatoms. The summed E-state index contributed by atoms with van der Waals surface area (Å²) in [4.78, 5) is 4.16. The van der Waals surface area contributed by atoms with E-state index < -0.39 is 0 Å². The van der Waals surface area contributed by atoms with Crippen LogP contribution in [-0.2, 0) is 0 Å². The van der Waals surface area contributed by atoms with Crippen LogP contribution in [0.1, 0.15) is 50.7 Å². The number of pyridine rings is 1. The van der Waals surface area contributed by atoms with Crippen LogP contribution >= 0.6 is 0 Å². The maximum Gasteiger partial charge on any atom is 0.0299 e. The molecule has 0 bridgehead atoms. The molecule has 16 heavy (non-hydrogen) atoms. The van der Waals surface area contributed by atoms with Gasteiger partial charge in [-0.1, -0.05) is 13.8 Å². The second kappa shape index (κ2) is 6.64. The molecule has 2 unspecified atom stereocenters. The van der Waals surface area contributed by atoms with Gasteiger partial charge in [-0.05, 0) is 56.3 Å². The SMILES string of the molecule is CCCNC(C)C(CC)c1ccncc1C. The van der Waals surface area contributed by atoms with Crippen LogP contribution in [0.25, 0.3) is 0 Å². The van der Waals surface area contributed by atoms with E-state index in [1.54, 1.807) is 0 Å². The molecule has 1 aromatic rings. The quantitative estimate of drug-likeness (QED) is 0.796. The van der Waals surface area contributed by atoms with Crippen molar-refractivity contribution in [3.05, 3.63) is 29.6 Å². The van der Waals surface area contributed by atoms with Crippen molar-refractivity contribution < 1.29 is 0 Å². The van der Waals surface area contributed by atoms with Crippen LogP contribution in [0.4, 0.5) is 0 Å². The van der Waals surface area contributed by atoms with Crippen molar-refractivity contribution in [1.29, 1.82) is 0 Å². The summed E-state index contributed by atoms with van der Waals surface area (Å²) in [5.41, 5.74) is 2.74. The molecule has 0 saturated heterocycles. The lowest BCUT2D eigenvalue weighted by Crippen LogP contribution is -2.32. The highest BCUT2D eigenvalue weighted by molar-refractivity contribution is 5.27. The Morgan fingerprint density at radius 2 is 2.12 bits per heavy atom. The summed E-state index contributed by atoms with van der Waals surface area (Å²) in [5.74, 6) is 0.592. The number of rotatable bonds is 6. The largest absolute Gasteiger partial charge is 0.314 e. The van der Waals surface area contributed by atoms with Crippen molar-refractivity contribution >= 4 is 0 Å². The highest BCUT2D eigenvalue weighted by Crippen LogP contribution is 2.25. The Hall–Kier alpha value is -0.890. The molecule has 2 nitrogen and oxygen atoms in total. The van der Waals surface area contributed by atoms with Gasteiger partial charge in [0.05, 0.1) is 0 Å². The predicted octanol–water partition coefficient (Wildman–Crippen LogP) is 3.27. The molecule has 1 aromatic heterocycles. The van der Waals surface area contributed by atoms with Crippen molar-refractivity contribution in [2.75, 3.05) is 6.54 Å². The summed E-state index contributed by atoms with van der Waals surface area (Å²) >= 11 is 0. The fourth-order valence-electron chi connectivity index (χ4n) is 2.26. The van der Waals surface area contributed by atoms with E-state index in [2.05, 4.69) is 44.1 Å².